The van der Waals surface area contributed by atoms with Gasteiger partial charge in [0.25, 0.3) is 8.32 Å². The second-order valence-electron chi connectivity index (χ2n) is 7.17. The maximum Gasteiger partial charge on any atom is 0.305 e. The van der Waals surface area contributed by atoms with Crippen LogP contribution in [0.5, 0.6) is 5.75 Å². The molecule has 0 fully saturated rings. The van der Waals surface area contributed by atoms with Crippen LogP contribution in [0.1, 0.15) is 32.1 Å². The van der Waals surface area contributed by atoms with Crippen LogP contribution in [0.15, 0.2) is 18.6 Å². The normalized spacial score (nSPS) is 12.2. The molecule has 2 heterocycles. The second-order valence-corrected chi connectivity index (χ2v) is 13.0. The predicted octanol–water partition coefficient (Wildman–Crippen LogP) is 3.82. The Labute approximate surface area is 147 Å². The van der Waals surface area contributed by atoms with Gasteiger partial charge in [0.1, 0.15) is 5.75 Å². The summed E-state index contributed by atoms with van der Waals surface area (Å²) in [6, 6.07) is 0. The molecular weight excluding hydrogens is 342 g/mol. The van der Waals surface area contributed by atoms with E-state index in [0.29, 0.717) is 12.8 Å². The minimum absolute atomic E-state index is 0.136. The number of thiazole rings is 1. The summed E-state index contributed by atoms with van der Waals surface area (Å²) in [6.07, 6.45) is 6.36. The highest BCUT2D eigenvalue weighted by Crippen LogP contribution is 2.37. The molecule has 132 valence electrons. The molecule has 0 saturated carbocycles. The summed E-state index contributed by atoms with van der Waals surface area (Å²) >= 11 is 1.51. The van der Waals surface area contributed by atoms with Crippen molar-refractivity contribution < 1.29 is 14.0 Å². The predicted molar refractivity (Wildman–Crippen MR) is 97.4 cm³/mol. The molecule has 0 aromatic carbocycles. The number of aryl methyl sites for hydroxylation is 1. The molecule has 0 N–H and O–H groups in total. The first kappa shape index (κ1) is 18.7. The lowest BCUT2D eigenvalue weighted by atomic mass is 10.2. The standard InChI is InChI=1S/C16H25N3O3SSi/c1-16(2,3)24(5,6)22-12-9-18-19(11-12)15-17-10-13(23-15)7-8-14(20)21-4/h9-11H,7-8H2,1-6H3. The molecule has 0 spiro atoms. The molecule has 0 radical (unpaired) electrons. The fraction of sp³-hybridized carbons (Fsp3) is 0.562. The van der Waals surface area contributed by atoms with Gasteiger partial charge in [0.2, 0.25) is 5.13 Å². The molecule has 0 atom stereocenters. The molecule has 0 amide bonds. The van der Waals surface area contributed by atoms with E-state index in [1.54, 1.807) is 17.1 Å². The SMILES string of the molecule is COC(=O)CCc1cnc(-n2cc(O[Si](C)(C)C(C)(C)C)cn2)s1. The van der Waals surface area contributed by atoms with Crippen molar-refractivity contribution in [2.24, 2.45) is 0 Å². The van der Waals surface area contributed by atoms with Gasteiger partial charge >= 0.3 is 5.97 Å². The highest BCUT2D eigenvalue weighted by molar-refractivity contribution is 7.14. The van der Waals surface area contributed by atoms with Crippen LogP contribution in [-0.2, 0) is 16.0 Å². The van der Waals surface area contributed by atoms with Crippen LogP contribution in [0, 0.1) is 0 Å². The van der Waals surface area contributed by atoms with Crippen molar-refractivity contribution in [2.75, 3.05) is 7.11 Å². The van der Waals surface area contributed by atoms with E-state index in [1.165, 1.54) is 18.4 Å². The van der Waals surface area contributed by atoms with Gasteiger partial charge in [-0.3, -0.25) is 4.79 Å². The zero-order chi connectivity index (χ0) is 18.0. The summed E-state index contributed by atoms with van der Waals surface area (Å²) in [6.45, 7) is 11.0. The Bertz CT molecular complexity index is 703. The van der Waals surface area contributed by atoms with Gasteiger partial charge in [0, 0.05) is 11.1 Å². The van der Waals surface area contributed by atoms with Crippen molar-refractivity contribution in [3.63, 3.8) is 0 Å². The van der Waals surface area contributed by atoms with Crippen molar-refractivity contribution >= 4 is 25.6 Å². The number of hydrogen-bond acceptors (Lipinski definition) is 6. The summed E-state index contributed by atoms with van der Waals surface area (Å²) in [5, 5.41) is 5.25. The maximum absolute atomic E-state index is 11.2. The van der Waals surface area contributed by atoms with Gasteiger partial charge in [-0.25, -0.2) is 9.67 Å². The number of rotatable bonds is 6. The quantitative estimate of drug-likeness (QED) is 0.573. The van der Waals surface area contributed by atoms with Gasteiger partial charge in [-0.05, 0) is 24.6 Å². The summed E-state index contributed by atoms with van der Waals surface area (Å²) in [5.74, 6) is 0.557. The van der Waals surface area contributed by atoms with Gasteiger partial charge in [0.05, 0.1) is 25.9 Å². The Morgan fingerprint density at radius 2 is 2.04 bits per heavy atom. The third-order valence-electron chi connectivity index (χ3n) is 4.28. The van der Waals surface area contributed by atoms with E-state index in [1.807, 2.05) is 6.20 Å². The third kappa shape index (κ3) is 4.45. The van der Waals surface area contributed by atoms with Gasteiger partial charge in [0.15, 0.2) is 0 Å². The molecule has 0 unspecified atom stereocenters. The van der Waals surface area contributed by atoms with Crippen molar-refractivity contribution in [1.29, 1.82) is 0 Å². The number of nitrogens with zero attached hydrogens (tertiary/aromatic N) is 3. The number of esters is 1. The lowest BCUT2D eigenvalue weighted by Gasteiger charge is -2.35. The third-order valence-corrected chi connectivity index (χ3v) is 9.68. The van der Waals surface area contributed by atoms with Crippen LogP contribution >= 0.6 is 11.3 Å². The molecule has 2 aromatic heterocycles. The molecule has 0 aliphatic heterocycles. The van der Waals surface area contributed by atoms with Crippen molar-refractivity contribution in [3.05, 3.63) is 23.5 Å². The van der Waals surface area contributed by atoms with Crippen LogP contribution < -0.4 is 4.43 Å². The minimum Gasteiger partial charge on any atom is -0.541 e. The molecule has 2 rings (SSSR count). The van der Waals surface area contributed by atoms with Crippen LogP contribution in [0.4, 0.5) is 0 Å². The largest absolute Gasteiger partial charge is 0.541 e. The number of carbonyl (C=O) groups excluding carboxylic acids is 1. The van der Waals surface area contributed by atoms with E-state index in [0.717, 1.165) is 15.8 Å². The van der Waals surface area contributed by atoms with E-state index < -0.39 is 8.32 Å². The first-order chi connectivity index (χ1) is 11.1. The number of ether oxygens (including phenoxy) is 1. The average Bonchev–Trinajstić information content (AvgIpc) is 3.12. The van der Waals surface area contributed by atoms with Gasteiger partial charge in [-0.2, -0.15) is 5.10 Å². The molecule has 8 heteroatoms. The van der Waals surface area contributed by atoms with E-state index in [9.17, 15) is 4.79 Å². The highest BCUT2D eigenvalue weighted by Gasteiger charge is 2.39. The monoisotopic (exact) mass is 367 g/mol. The summed E-state index contributed by atoms with van der Waals surface area (Å²) in [4.78, 5) is 16.6. The first-order valence-electron chi connectivity index (χ1n) is 7.88. The summed E-state index contributed by atoms with van der Waals surface area (Å²) in [5.41, 5.74) is 0. The van der Waals surface area contributed by atoms with Gasteiger partial charge in [-0.15, -0.1) is 0 Å². The lowest BCUT2D eigenvalue weighted by Crippen LogP contribution is -2.43. The van der Waals surface area contributed by atoms with E-state index in [4.69, 9.17) is 4.43 Å². The van der Waals surface area contributed by atoms with Gasteiger partial charge in [-0.1, -0.05) is 32.1 Å². The zero-order valence-corrected chi connectivity index (χ0v) is 16.9. The second kappa shape index (κ2) is 7.06. The molecule has 6 nitrogen and oxygen atoms in total. The lowest BCUT2D eigenvalue weighted by molar-refractivity contribution is -0.140. The molecule has 0 bridgehead atoms. The average molecular weight is 368 g/mol. The number of methoxy groups -OCH3 is 1. The van der Waals surface area contributed by atoms with E-state index in [-0.39, 0.29) is 11.0 Å². The Hall–Kier alpha value is -1.67. The van der Waals surface area contributed by atoms with E-state index >= 15 is 0 Å². The first-order valence-corrected chi connectivity index (χ1v) is 11.6. The fourth-order valence-electron chi connectivity index (χ4n) is 1.76. The highest BCUT2D eigenvalue weighted by atomic mass is 32.1. The smallest absolute Gasteiger partial charge is 0.305 e. The van der Waals surface area contributed by atoms with Crippen molar-refractivity contribution in [2.45, 2.75) is 51.7 Å². The van der Waals surface area contributed by atoms with Crippen LogP contribution in [0.2, 0.25) is 18.1 Å². The fourth-order valence-corrected chi connectivity index (χ4v) is 3.60. The Morgan fingerprint density at radius 3 is 2.67 bits per heavy atom. The number of hydrogen-bond donors (Lipinski definition) is 0. The van der Waals surface area contributed by atoms with Crippen LogP contribution in [0.3, 0.4) is 0 Å². The number of aromatic nitrogens is 3. The Morgan fingerprint density at radius 1 is 1.33 bits per heavy atom. The molecule has 0 aliphatic carbocycles. The Kier molecular flexibility index (Phi) is 5.49. The molecular formula is C16H25N3O3SSi. The van der Waals surface area contributed by atoms with Crippen molar-refractivity contribution in [1.82, 2.24) is 14.8 Å². The molecule has 24 heavy (non-hydrogen) atoms. The van der Waals surface area contributed by atoms with E-state index in [2.05, 4.69) is 48.7 Å². The topological polar surface area (TPSA) is 66.2 Å². The molecule has 0 saturated heterocycles. The zero-order valence-electron chi connectivity index (χ0n) is 15.1. The van der Waals surface area contributed by atoms with Crippen LogP contribution in [0.25, 0.3) is 5.13 Å². The Balaban J connectivity index is 2.06. The van der Waals surface area contributed by atoms with Crippen LogP contribution in [-0.4, -0.2) is 36.2 Å². The maximum atomic E-state index is 11.2. The summed E-state index contributed by atoms with van der Waals surface area (Å²) in [7, 11) is -0.482. The summed E-state index contributed by atoms with van der Waals surface area (Å²) < 4.78 is 12.6. The number of carbonyl (C=O) groups is 1. The minimum atomic E-state index is -1.88. The van der Waals surface area contributed by atoms with Crippen molar-refractivity contribution in [3.8, 4) is 10.9 Å². The van der Waals surface area contributed by atoms with Gasteiger partial charge < -0.3 is 9.16 Å². The molecule has 2 aromatic rings. The molecule has 0 aliphatic rings.